The smallest absolute Gasteiger partial charge is 0.265 e. The quantitative estimate of drug-likeness (QED) is 0.569. The fourth-order valence-corrected chi connectivity index (χ4v) is 2.49. The van der Waals surface area contributed by atoms with Gasteiger partial charge in [0.05, 0.1) is 17.4 Å². The molecule has 1 fully saturated rings. The van der Waals surface area contributed by atoms with E-state index in [0.717, 1.165) is 0 Å². The van der Waals surface area contributed by atoms with E-state index >= 15 is 0 Å². The van der Waals surface area contributed by atoms with Crippen LogP contribution in [0.2, 0.25) is 0 Å². The highest BCUT2D eigenvalue weighted by atomic mass is 32.2. The minimum absolute atomic E-state index is 0.0414. The molecule has 1 saturated heterocycles. The molecule has 0 spiro atoms. The number of piperidine rings is 1. The zero-order chi connectivity index (χ0) is 15.6. The maximum absolute atomic E-state index is 13.7. The van der Waals surface area contributed by atoms with Crippen molar-refractivity contribution in [3.63, 3.8) is 0 Å². The van der Waals surface area contributed by atoms with Crippen LogP contribution in [0.5, 0.6) is 0 Å². The standard InChI is InChI=1S/C11H12FN3O5S/c12-10-8(7-1-2-9(16)13-11(7)17)5-6(14-15-10)3-4-21(18,19)20/h5,7H,1-4H2,(H,13,16,17)(H,18,19,20). The number of imide groups is 1. The maximum atomic E-state index is 13.7. The Balaban J connectivity index is 2.23. The molecule has 1 atom stereocenters. The van der Waals surface area contributed by atoms with E-state index in [1.807, 2.05) is 0 Å². The first-order chi connectivity index (χ1) is 9.76. The van der Waals surface area contributed by atoms with Crippen molar-refractivity contribution in [3.05, 3.63) is 23.3 Å². The number of nitrogens with one attached hydrogen (secondary N) is 1. The highest BCUT2D eigenvalue weighted by Crippen LogP contribution is 2.26. The van der Waals surface area contributed by atoms with E-state index in [-0.39, 0.29) is 30.5 Å². The van der Waals surface area contributed by atoms with Crippen LogP contribution in [-0.4, -0.2) is 40.7 Å². The summed E-state index contributed by atoms with van der Waals surface area (Å²) in [6.45, 7) is 0. The molecule has 0 radical (unpaired) electrons. The molecule has 2 amide bonds. The van der Waals surface area contributed by atoms with Gasteiger partial charge in [-0.15, -0.1) is 5.10 Å². The van der Waals surface area contributed by atoms with Gasteiger partial charge in [0.1, 0.15) is 0 Å². The molecule has 0 aliphatic carbocycles. The number of hydrogen-bond acceptors (Lipinski definition) is 6. The Hall–Kier alpha value is -1.94. The molecule has 114 valence electrons. The fourth-order valence-electron chi connectivity index (χ4n) is 2.02. The van der Waals surface area contributed by atoms with E-state index in [1.54, 1.807) is 0 Å². The van der Waals surface area contributed by atoms with Crippen LogP contribution in [0.3, 0.4) is 0 Å². The predicted octanol–water partition coefficient (Wildman–Crippen LogP) is -0.434. The first-order valence-electron chi connectivity index (χ1n) is 6.07. The molecule has 1 aromatic rings. The van der Waals surface area contributed by atoms with Gasteiger partial charge in [0.15, 0.2) is 0 Å². The van der Waals surface area contributed by atoms with Gasteiger partial charge in [-0.25, -0.2) is 0 Å². The predicted molar refractivity (Wildman–Crippen MR) is 67.2 cm³/mol. The van der Waals surface area contributed by atoms with Crippen molar-refractivity contribution in [1.29, 1.82) is 0 Å². The summed E-state index contributed by atoms with van der Waals surface area (Å²) in [5, 5.41) is 8.83. The third kappa shape index (κ3) is 4.02. The van der Waals surface area contributed by atoms with Crippen molar-refractivity contribution >= 4 is 21.9 Å². The Morgan fingerprint density at radius 1 is 1.38 bits per heavy atom. The van der Waals surface area contributed by atoms with Crippen LogP contribution in [0.1, 0.15) is 30.0 Å². The van der Waals surface area contributed by atoms with Gasteiger partial charge in [0.2, 0.25) is 17.8 Å². The van der Waals surface area contributed by atoms with Gasteiger partial charge in [0, 0.05) is 18.4 Å². The third-order valence-electron chi connectivity index (χ3n) is 3.06. The molecular formula is C11H12FN3O5S. The molecular weight excluding hydrogens is 305 g/mol. The van der Waals surface area contributed by atoms with Crippen molar-refractivity contribution in [2.45, 2.75) is 25.2 Å². The Labute approximate surface area is 119 Å². The fraction of sp³-hybridized carbons (Fsp3) is 0.455. The second-order valence-corrected chi connectivity index (χ2v) is 6.19. The molecule has 1 unspecified atom stereocenters. The van der Waals surface area contributed by atoms with Gasteiger partial charge in [0.25, 0.3) is 10.1 Å². The number of nitrogens with zero attached hydrogens (tertiary/aromatic N) is 2. The molecule has 21 heavy (non-hydrogen) atoms. The van der Waals surface area contributed by atoms with Gasteiger partial charge in [-0.2, -0.15) is 17.9 Å². The van der Waals surface area contributed by atoms with Crippen molar-refractivity contribution < 1.29 is 27.0 Å². The molecule has 1 aromatic heterocycles. The SMILES string of the molecule is O=C1CCC(c2cc(CCS(=O)(=O)O)nnc2F)C(=O)N1. The summed E-state index contributed by atoms with van der Waals surface area (Å²) >= 11 is 0. The molecule has 1 aliphatic heterocycles. The van der Waals surface area contributed by atoms with Gasteiger partial charge >= 0.3 is 0 Å². The van der Waals surface area contributed by atoms with Crippen molar-refractivity contribution in [1.82, 2.24) is 15.5 Å². The van der Waals surface area contributed by atoms with Crippen LogP contribution in [0.25, 0.3) is 0 Å². The van der Waals surface area contributed by atoms with Crippen molar-refractivity contribution in [2.75, 3.05) is 5.75 Å². The largest absolute Gasteiger partial charge is 0.296 e. The average Bonchev–Trinajstić information content (AvgIpc) is 2.37. The van der Waals surface area contributed by atoms with Gasteiger partial charge in [-0.3, -0.25) is 19.5 Å². The van der Waals surface area contributed by atoms with Crippen LogP contribution in [0.4, 0.5) is 4.39 Å². The Bertz CT molecular complexity index is 691. The van der Waals surface area contributed by atoms with E-state index in [9.17, 15) is 22.4 Å². The minimum Gasteiger partial charge on any atom is -0.296 e. The van der Waals surface area contributed by atoms with Crippen LogP contribution in [0.15, 0.2) is 6.07 Å². The molecule has 2 N–H and O–H groups in total. The summed E-state index contributed by atoms with van der Waals surface area (Å²) in [5.74, 6) is -3.45. The molecule has 2 rings (SSSR count). The number of carbonyl (C=O) groups is 2. The number of halogens is 1. The number of aromatic nitrogens is 2. The van der Waals surface area contributed by atoms with E-state index in [1.165, 1.54) is 6.07 Å². The topological polar surface area (TPSA) is 126 Å². The van der Waals surface area contributed by atoms with E-state index in [4.69, 9.17) is 4.55 Å². The summed E-state index contributed by atoms with van der Waals surface area (Å²) in [6.07, 6.45) is 0.0654. The number of amides is 2. The Kier molecular flexibility index (Phi) is 4.28. The van der Waals surface area contributed by atoms with E-state index in [0.29, 0.717) is 0 Å². The number of rotatable bonds is 4. The summed E-state index contributed by atoms with van der Waals surface area (Å²) in [7, 11) is -4.17. The zero-order valence-electron chi connectivity index (χ0n) is 10.7. The molecule has 2 heterocycles. The second-order valence-electron chi connectivity index (χ2n) is 4.62. The summed E-state index contributed by atoms with van der Waals surface area (Å²) in [5.41, 5.74) is 0.0917. The van der Waals surface area contributed by atoms with E-state index < -0.39 is 39.6 Å². The van der Waals surface area contributed by atoms with Crippen molar-refractivity contribution in [2.24, 2.45) is 0 Å². The Morgan fingerprint density at radius 2 is 2.10 bits per heavy atom. The molecule has 0 saturated carbocycles. The normalized spacial score (nSPS) is 19.4. The zero-order valence-corrected chi connectivity index (χ0v) is 11.6. The highest BCUT2D eigenvalue weighted by Gasteiger charge is 2.31. The maximum Gasteiger partial charge on any atom is 0.265 e. The number of hydrogen-bond donors (Lipinski definition) is 2. The average molecular weight is 317 g/mol. The van der Waals surface area contributed by atoms with E-state index in [2.05, 4.69) is 15.5 Å². The van der Waals surface area contributed by atoms with Crippen LogP contribution < -0.4 is 5.32 Å². The molecule has 10 heteroatoms. The first kappa shape index (κ1) is 15.4. The monoisotopic (exact) mass is 317 g/mol. The van der Waals surface area contributed by atoms with Crippen molar-refractivity contribution in [3.8, 4) is 0 Å². The molecule has 8 nitrogen and oxygen atoms in total. The summed E-state index contributed by atoms with van der Waals surface area (Å²) in [6, 6.07) is 1.23. The molecule has 0 bridgehead atoms. The van der Waals surface area contributed by atoms with Gasteiger partial charge in [-0.1, -0.05) is 0 Å². The van der Waals surface area contributed by atoms with Crippen LogP contribution in [-0.2, 0) is 26.1 Å². The van der Waals surface area contributed by atoms with Crippen LogP contribution in [0, 0.1) is 5.95 Å². The lowest BCUT2D eigenvalue weighted by atomic mass is 9.91. The summed E-state index contributed by atoms with van der Waals surface area (Å²) in [4.78, 5) is 22.8. The summed E-state index contributed by atoms with van der Waals surface area (Å²) < 4.78 is 43.7. The van der Waals surface area contributed by atoms with Gasteiger partial charge < -0.3 is 0 Å². The minimum atomic E-state index is -4.17. The lowest BCUT2D eigenvalue weighted by molar-refractivity contribution is -0.134. The van der Waals surface area contributed by atoms with Gasteiger partial charge in [-0.05, 0) is 12.5 Å². The third-order valence-corrected chi connectivity index (χ3v) is 3.78. The highest BCUT2D eigenvalue weighted by molar-refractivity contribution is 7.85. The second kappa shape index (κ2) is 5.82. The lowest BCUT2D eigenvalue weighted by Gasteiger charge is -2.21. The number of aryl methyl sites for hydroxylation is 1. The number of carbonyl (C=O) groups excluding carboxylic acids is 2. The Morgan fingerprint density at radius 3 is 2.71 bits per heavy atom. The lowest BCUT2D eigenvalue weighted by Crippen LogP contribution is -2.39. The van der Waals surface area contributed by atoms with Crippen LogP contribution >= 0.6 is 0 Å². The molecule has 1 aliphatic rings. The first-order valence-corrected chi connectivity index (χ1v) is 7.68. The molecule has 0 aromatic carbocycles.